The van der Waals surface area contributed by atoms with Crippen molar-refractivity contribution in [3.8, 4) is 11.4 Å². The lowest BCUT2D eigenvalue weighted by atomic mass is 10.1. The van der Waals surface area contributed by atoms with Crippen molar-refractivity contribution in [3.05, 3.63) is 50.9 Å². The molecule has 2 aromatic heterocycles. The Bertz CT molecular complexity index is 1070. The third-order valence-corrected chi connectivity index (χ3v) is 5.99. The molecule has 0 atom stereocenters. The molecule has 0 N–H and O–H groups in total. The molecule has 142 valence electrons. The van der Waals surface area contributed by atoms with Gasteiger partial charge in [-0.2, -0.15) is 13.2 Å². The summed E-state index contributed by atoms with van der Waals surface area (Å²) in [4.78, 5) is 18.3. The zero-order valence-corrected chi connectivity index (χ0v) is 15.4. The van der Waals surface area contributed by atoms with Crippen molar-refractivity contribution < 1.29 is 17.9 Å². The van der Waals surface area contributed by atoms with Gasteiger partial charge in [-0.05, 0) is 43.4 Å². The Morgan fingerprint density at radius 1 is 1.19 bits per heavy atom. The van der Waals surface area contributed by atoms with Crippen molar-refractivity contribution in [2.24, 2.45) is 0 Å². The van der Waals surface area contributed by atoms with Crippen molar-refractivity contribution in [1.29, 1.82) is 0 Å². The zero-order valence-electron chi connectivity index (χ0n) is 14.6. The molecule has 1 aromatic carbocycles. The van der Waals surface area contributed by atoms with E-state index < -0.39 is 17.6 Å². The molecule has 2 heterocycles. The summed E-state index contributed by atoms with van der Waals surface area (Å²) in [5, 5.41) is 0.327. The topological polar surface area (TPSA) is 44.1 Å². The average Bonchev–Trinajstić information content (AvgIpc) is 2.83. The average molecular weight is 394 g/mol. The summed E-state index contributed by atoms with van der Waals surface area (Å²) in [6.45, 7) is 0. The SMILES string of the molecule is COc1cccc(-n2c(C(F)(F)F)nc3sc4c(c3c2=O)CCCCC4)c1. The first-order chi connectivity index (χ1) is 12.9. The quantitative estimate of drug-likeness (QED) is 0.590. The van der Waals surface area contributed by atoms with Crippen LogP contribution in [0.4, 0.5) is 13.2 Å². The van der Waals surface area contributed by atoms with Crippen LogP contribution in [0.3, 0.4) is 0 Å². The standard InChI is InChI=1S/C19H17F3N2O2S/c1-26-12-7-5-6-11(10-12)24-17(25)15-13-8-3-2-4-9-14(13)27-16(15)23-18(24)19(20,21)22/h5-7,10H,2-4,8-9H2,1H3. The van der Waals surface area contributed by atoms with Gasteiger partial charge in [-0.1, -0.05) is 12.5 Å². The predicted molar refractivity (Wildman–Crippen MR) is 98.0 cm³/mol. The number of benzene rings is 1. The van der Waals surface area contributed by atoms with E-state index in [1.807, 2.05) is 0 Å². The van der Waals surface area contributed by atoms with E-state index in [0.29, 0.717) is 22.1 Å². The number of methoxy groups -OCH3 is 1. The van der Waals surface area contributed by atoms with Gasteiger partial charge in [-0.15, -0.1) is 11.3 Å². The Labute approximate surface area is 157 Å². The van der Waals surface area contributed by atoms with Crippen LogP contribution in [-0.4, -0.2) is 16.7 Å². The number of rotatable bonds is 2. The van der Waals surface area contributed by atoms with Crippen molar-refractivity contribution in [2.75, 3.05) is 7.11 Å². The molecule has 0 fully saturated rings. The van der Waals surface area contributed by atoms with Crippen molar-refractivity contribution in [2.45, 2.75) is 38.3 Å². The van der Waals surface area contributed by atoms with E-state index in [4.69, 9.17) is 4.74 Å². The lowest BCUT2D eigenvalue weighted by molar-refractivity contribution is -0.146. The third kappa shape index (κ3) is 3.12. The van der Waals surface area contributed by atoms with Gasteiger partial charge in [0.1, 0.15) is 10.6 Å². The van der Waals surface area contributed by atoms with Crippen LogP contribution in [-0.2, 0) is 19.0 Å². The number of alkyl halides is 3. The fraction of sp³-hybridized carbons (Fsp3) is 0.368. The number of aromatic nitrogens is 2. The summed E-state index contributed by atoms with van der Waals surface area (Å²) in [7, 11) is 1.42. The van der Waals surface area contributed by atoms with Crippen LogP contribution in [0.1, 0.15) is 35.5 Å². The highest BCUT2D eigenvalue weighted by Gasteiger charge is 2.38. The van der Waals surface area contributed by atoms with Gasteiger partial charge >= 0.3 is 6.18 Å². The Balaban J connectivity index is 2.07. The third-order valence-electron chi connectivity index (χ3n) is 4.80. The molecule has 1 aliphatic rings. The number of nitrogens with zero attached hydrogens (tertiary/aromatic N) is 2. The van der Waals surface area contributed by atoms with Gasteiger partial charge < -0.3 is 4.74 Å². The molecule has 0 bridgehead atoms. The first-order valence-corrected chi connectivity index (χ1v) is 9.50. The predicted octanol–water partition coefficient (Wildman–Crippen LogP) is 4.74. The van der Waals surface area contributed by atoms with E-state index in [0.717, 1.165) is 36.1 Å². The Morgan fingerprint density at radius 3 is 2.70 bits per heavy atom. The largest absolute Gasteiger partial charge is 0.497 e. The minimum absolute atomic E-state index is 0.0923. The van der Waals surface area contributed by atoms with Crippen molar-refractivity contribution in [3.63, 3.8) is 0 Å². The fourth-order valence-electron chi connectivity index (χ4n) is 3.56. The number of ether oxygens (including phenoxy) is 1. The van der Waals surface area contributed by atoms with Crippen LogP contribution in [0.25, 0.3) is 15.9 Å². The number of thiophene rings is 1. The molecule has 0 radical (unpaired) electrons. The Hall–Kier alpha value is -2.35. The highest BCUT2D eigenvalue weighted by atomic mass is 32.1. The molecule has 0 aliphatic heterocycles. The van der Waals surface area contributed by atoms with Crippen LogP contribution < -0.4 is 10.3 Å². The maximum atomic E-state index is 13.7. The number of hydrogen-bond donors (Lipinski definition) is 0. The minimum Gasteiger partial charge on any atom is -0.497 e. The summed E-state index contributed by atoms with van der Waals surface area (Å²) >= 11 is 1.22. The highest BCUT2D eigenvalue weighted by Crippen LogP contribution is 2.36. The lowest BCUT2D eigenvalue weighted by Crippen LogP contribution is -2.28. The van der Waals surface area contributed by atoms with E-state index in [2.05, 4.69) is 4.98 Å². The Morgan fingerprint density at radius 2 is 1.96 bits per heavy atom. The zero-order chi connectivity index (χ0) is 19.2. The maximum absolute atomic E-state index is 13.7. The normalized spacial score (nSPS) is 14.8. The number of halogens is 3. The molecular formula is C19H17F3N2O2S. The molecule has 0 amide bonds. The number of fused-ring (bicyclic) bond motifs is 3. The van der Waals surface area contributed by atoms with E-state index in [1.165, 1.54) is 30.6 Å². The van der Waals surface area contributed by atoms with E-state index in [-0.39, 0.29) is 10.5 Å². The summed E-state index contributed by atoms with van der Waals surface area (Å²) < 4.78 is 46.9. The molecule has 4 nitrogen and oxygen atoms in total. The Kier molecular flexibility index (Phi) is 4.46. The second-order valence-corrected chi connectivity index (χ2v) is 7.60. The van der Waals surface area contributed by atoms with Gasteiger partial charge in [0, 0.05) is 10.9 Å². The van der Waals surface area contributed by atoms with E-state index in [1.54, 1.807) is 12.1 Å². The molecule has 27 heavy (non-hydrogen) atoms. The molecule has 3 aromatic rings. The molecule has 0 saturated heterocycles. The van der Waals surface area contributed by atoms with Gasteiger partial charge in [0.05, 0.1) is 18.2 Å². The highest BCUT2D eigenvalue weighted by molar-refractivity contribution is 7.18. The second-order valence-electron chi connectivity index (χ2n) is 6.52. The monoisotopic (exact) mass is 394 g/mol. The molecule has 8 heteroatoms. The molecule has 0 unspecified atom stereocenters. The lowest BCUT2D eigenvalue weighted by Gasteiger charge is -2.15. The van der Waals surface area contributed by atoms with Crippen LogP contribution in [0, 0.1) is 0 Å². The van der Waals surface area contributed by atoms with E-state index in [9.17, 15) is 18.0 Å². The van der Waals surface area contributed by atoms with Gasteiger partial charge in [-0.3, -0.25) is 9.36 Å². The number of hydrogen-bond acceptors (Lipinski definition) is 4. The smallest absolute Gasteiger partial charge is 0.450 e. The van der Waals surface area contributed by atoms with Crippen molar-refractivity contribution >= 4 is 21.6 Å². The van der Waals surface area contributed by atoms with Crippen LogP contribution in [0.2, 0.25) is 0 Å². The summed E-state index contributed by atoms with van der Waals surface area (Å²) in [6.07, 6.45) is -0.292. The molecule has 0 saturated carbocycles. The molecule has 4 rings (SSSR count). The van der Waals surface area contributed by atoms with Crippen LogP contribution >= 0.6 is 11.3 Å². The molecular weight excluding hydrogens is 377 g/mol. The van der Waals surface area contributed by atoms with Crippen LogP contribution in [0.15, 0.2) is 29.1 Å². The second kappa shape index (κ2) is 6.67. The van der Waals surface area contributed by atoms with Gasteiger partial charge in [0.2, 0.25) is 5.82 Å². The molecule has 1 aliphatic carbocycles. The summed E-state index contributed by atoms with van der Waals surface area (Å²) in [6, 6.07) is 6.04. The van der Waals surface area contributed by atoms with Gasteiger partial charge in [0.15, 0.2) is 0 Å². The first-order valence-electron chi connectivity index (χ1n) is 8.69. The van der Waals surface area contributed by atoms with Gasteiger partial charge in [-0.25, -0.2) is 4.98 Å². The number of aryl methyl sites for hydroxylation is 2. The van der Waals surface area contributed by atoms with Crippen LogP contribution in [0.5, 0.6) is 5.75 Å². The first kappa shape index (κ1) is 18.0. The summed E-state index contributed by atoms with van der Waals surface area (Å²) in [5.41, 5.74) is 0.296. The van der Waals surface area contributed by atoms with Crippen molar-refractivity contribution in [1.82, 2.24) is 9.55 Å². The minimum atomic E-state index is -4.75. The maximum Gasteiger partial charge on any atom is 0.450 e. The van der Waals surface area contributed by atoms with Gasteiger partial charge in [0.25, 0.3) is 5.56 Å². The summed E-state index contributed by atoms with van der Waals surface area (Å²) in [5.74, 6) is -0.832. The fourth-order valence-corrected chi connectivity index (χ4v) is 4.81. The van der Waals surface area contributed by atoms with E-state index >= 15 is 0 Å². The molecule has 0 spiro atoms.